The van der Waals surface area contributed by atoms with Gasteiger partial charge < -0.3 is 15.4 Å². The molecule has 0 radical (unpaired) electrons. The third-order valence-corrected chi connectivity index (χ3v) is 4.47. The quantitative estimate of drug-likeness (QED) is 0.550. The third kappa shape index (κ3) is 5.79. The summed E-state index contributed by atoms with van der Waals surface area (Å²) in [6.07, 6.45) is 0. The van der Waals surface area contributed by atoms with E-state index in [-0.39, 0.29) is 5.82 Å². The van der Waals surface area contributed by atoms with Crippen molar-refractivity contribution in [1.29, 1.82) is 0 Å². The van der Waals surface area contributed by atoms with Crippen LogP contribution in [0.4, 0.5) is 4.39 Å². The molecule has 0 aliphatic heterocycles. The Morgan fingerprint density at radius 1 is 1.26 bits per heavy atom. The Bertz CT molecular complexity index is 785. The highest BCUT2D eigenvalue weighted by Gasteiger charge is 2.12. The maximum atomic E-state index is 13.7. The number of guanidine groups is 1. The van der Waals surface area contributed by atoms with Gasteiger partial charge in [-0.1, -0.05) is 12.1 Å². The Hall–Kier alpha value is -2.41. The molecule has 1 aromatic carbocycles. The Balaban J connectivity index is 2.05. The minimum atomic E-state index is -0.199. The first-order chi connectivity index (χ1) is 13.0. The molecule has 0 amide bonds. The zero-order valence-electron chi connectivity index (χ0n) is 16.9. The Morgan fingerprint density at radius 2 is 2.04 bits per heavy atom. The van der Waals surface area contributed by atoms with Crippen molar-refractivity contribution in [3.63, 3.8) is 0 Å². The van der Waals surface area contributed by atoms with E-state index < -0.39 is 0 Å². The Morgan fingerprint density at radius 3 is 2.70 bits per heavy atom. The number of hydrogen-bond donors (Lipinski definition) is 2. The lowest BCUT2D eigenvalue weighted by atomic mass is 10.1. The van der Waals surface area contributed by atoms with Crippen molar-refractivity contribution >= 4 is 5.96 Å². The highest BCUT2D eigenvalue weighted by atomic mass is 19.1. The van der Waals surface area contributed by atoms with Crippen LogP contribution in [0.1, 0.15) is 35.0 Å². The van der Waals surface area contributed by atoms with Crippen molar-refractivity contribution in [1.82, 2.24) is 20.4 Å². The minimum absolute atomic E-state index is 0.199. The van der Waals surface area contributed by atoms with E-state index in [0.717, 1.165) is 35.6 Å². The van der Waals surface area contributed by atoms with E-state index in [1.165, 1.54) is 6.07 Å². The highest BCUT2D eigenvalue weighted by molar-refractivity contribution is 5.79. The number of benzene rings is 1. The van der Waals surface area contributed by atoms with Gasteiger partial charge in [0, 0.05) is 31.5 Å². The molecule has 27 heavy (non-hydrogen) atoms. The van der Waals surface area contributed by atoms with Crippen LogP contribution in [0.2, 0.25) is 0 Å². The monoisotopic (exact) mass is 375 g/mol. The number of methoxy groups -OCH3 is 1. The van der Waals surface area contributed by atoms with E-state index in [2.05, 4.69) is 27.6 Å². The predicted octanol–water partition coefficient (Wildman–Crippen LogP) is 2.85. The van der Waals surface area contributed by atoms with E-state index in [4.69, 9.17) is 4.74 Å². The average molecular weight is 375 g/mol. The molecule has 1 aromatic heterocycles. The molecule has 2 N–H and O–H groups in total. The molecule has 0 fully saturated rings. The average Bonchev–Trinajstić information content (AvgIpc) is 2.91. The van der Waals surface area contributed by atoms with Gasteiger partial charge in [-0.3, -0.25) is 4.68 Å². The van der Waals surface area contributed by atoms with Crippen LogP contribution in [0.25, 0.3) is 0 Å². The molecule has 0 spiro atoms. The van der Waals surface area contributed by atoms with Gasteiger partial charge in [0.05, 0.1) is 25.4 Å². The largest absolute Gasteiger partial charge is 0.383 e. The second kappa shape index (κ2) is 10.1. The normalized spacial score (nSPS) is 11.7. The fourth-order valence-electron chi connectivity index (χ4n) is 2.80. The Kier molecular flexibility index (Phi) is 7.79. The lowest BCUT2D eigenvalue weighted by Gasteiger charge is -2.12. The first kappa shape index (κ1) is 20.9. The first-order valence-electron chi connectivity index (χ1n) is 9.25. The van der Waals surface area contributed by atoms with Crippen LogP contribution in [-0.2, 0) is 24.4 Å². The van der Waals surface area contributed by atoms with Crippen molar-refractivity contribution in [3.8, 4) is 0 Å². The molecule has 2 aromatic rings. The van der Waals surface area contributed by atoms with E-state index in [0.29, 0.717) is 31.2 Å². The molecule has 0 aliphatic carbocycles. The van der Waals surface area contributed by atoms with Crippen LogP contribution in [0.3, 0.4) is 0 Å². The van der Waals surface area contributed by atoms with Crippen LogP contribution < -0.4 is 10.6 Å². The van der Waals surface area contributed by atoms with Crippen molar-refractivity contribution in [2.24, 2.45) is 4.99 Å². The van der Waals surface area contributed by atoms with Gasteiger partial charge in [-0.15, -0.1) is 0 Å². The lowest BCUT2D eigenvalue weighted by molar-refractivity contribution is 0.182. The fourth-order valence-corrected chi connectivity index (χ4v) is 2.80. The summed E-state index contributed by atoms with van der Waals surface area (Å²) in [6, 6.07) is 5.22. The standard InChI is InChI=1S/C20H30FN5O/c1-6-22-20(23-12-17-8-7-14(2)19(21)11-17)24-13-18-15(3)25-26(16(18)4)9-10-27-5/h7-8,11H,6,9-10,12-13H2,1-5H3,(H2,22,23,24). The molecule has 0 saturated heterocycles. The summed E-state index contributed by atoms with van der Waals surface area (Å²) < 4.78 is 20.8. The first-order valence-corrected chi connectivity index (χ1v) is 9.25. The van der Waals surface area contributed by atoms with E-state index in [9.17, 15) is 4.39 Å². The minimum Gasteiger partial charge on any atom is -0.383 e. The molecule has 2 rings (SSSR count). The number of aromatic nitrogens is 2. The van der Waals surface area contributed by atoms with Gasteiger partial charge in [0.25, 0.3) is 0 Å². The van der Waals surface area contributed by atoms with Gasteiger partial charge in [-0.05, 0) is 44.9 Å². The van der Waals surface area contributed by atoms with Gasteiger partial charge in [0.2, 0.25) is 0 Å². The van der Waals surface area contributed by atoms with E-state index >= 15 is 0 Å². The summed E-state index contributed by atoms with van der Waals surface area (Å²) >= 11 is 0. The van der Waals surface area contributed by atoms with Crippen molar-refractivity contribution in [3.05, 3.63) is 52.1 Å². The summed E-state index contributed by atoms with van der Waals surface area (Å²) in [6.45, 7) is 11.0. The molecule has 0 saturated carbocycles. The molecule has 0 bridgehead atoms. The predicted molar refractivity (Wildman–Crippen MR) is 106 cm³/mol. The maximum absolute atomic E-state index is 13.7. The molecule has 7 heteroatoms. The molecule has 0 unspecified atom stereocenters. The van der Waals surface area contributed by atoms with Gasteiger partial charge in [0.1, 0.15) is 5.82 Å². The van der Waals surface area contributed by atoms with Gasteiger partial charge in [-0.2, -0.15) is 5.10 Å². The second-order valence-corrected chi connectivity index (χ2v) is 6.50. The number of aliphatic imine (C=N–C) groups is 1. The van der Waals surface area contributed by atoms with E-state index in [1.54, 1.807) is 20.1 Å². The summed E-state index contributed by atoms with van der Waals surface area (Å²) in [5.41, 5.74) is 4.75. The van der Waals surface area contributed by atoms with Gasteiger partial charge in [0.15, 0.2) is 5.96 Å². The van der Waals surface area contributed by atoms with Crippen LogP contribution >= 0.6 is 0 Å². The zero-order chi connectivity index (χ0) is 19.8. The summed E-state index contributed by atoms with van der Waals surface area (Å²) in [5, 5.41) is 11.1. The number of halogens is 1. The van der Waals surface area contributed by atoms with Gasteiger partial charge in [-0.25, -0.2) is 9.38 Å². The molecule has 0 atom stereocenters. The van der Waals surface area contributed by atoms with Crippen LogP contribution in [0.5, 0.6) is 0 Å². The van der Waals surface area contributed by atoms with E-state index in [1.807, 2.05) is 24.6 Å². The van der Waals surface area contributed by atoms with Crippen LogP contribution in [0.15, 0.2) is 23.2 Å². The third-order valence-electron chi connectivity index (χ3n) is 4.47. The topological polar surface area (TPSA) is 63.5 Å². The van der Waals surface area contributed by atoms with Crippen molar-refractivity contribution in [2.75, 3.05) is 20.3 Å². The molecule has 1 heterocycles. The molecular weight excluding hydrogens is 345 g/mol. The van der Waals surface area contributed by atoms with Gasteiger partial charge >= 0.3 is 0 Å². The number of nitrogens with one attached hydrogen (secondary N) is 2. The summed E-state index contributed by atoms with van der Waals surface area (Å²) in [4.78, 5) is 4.57. The Labute approximate surface area is 160 Å². The molecule has 6 nitrogen and oxygen atoms in total. The van der Waals surface area contributed by atoms with Crippen LogP contribution in [-0.4, -0.2) is 36.0 Å². The lowest BCUT2D eigenvalue weighted by Crippen LogP contribution is -2.37. The smallest absolute Gasteiger partial charge is 0.191 e. The number of aryl methyl sites for hydroxylation is 2. The number of nitrogens with zero attached hydrogens (tertiary/aromatic N) is 3. The summed E-state index contributed by atoms with van der Waals surface area (Å²) in [7, 11) is 1.69. The molecule has 148 valence electrons. The zero-order valence-corrected chi connectivity index (χ0v) is 16.9. The maximum Gasteiger partial charge on any atom is 0.191 e. The molecule has 0 aliphatic rings. The number of hydrogen-bond acceptors (Lipinski definition) is 3. The second-order valence-electron chi connectivity index (χ2n) is 6.50. The van der Waals surface area contributed by atoms with Crippen molar-refractivity contribution in [2.45, 2.75) is 47.3 Å². The summed E-state index contributed by atoms with van der Waals surface area (Å²) in [5.74, 6) is 0.498. The highest BCUT2D eigenvalue weighted by Crippen LogP contribution is 2.13. The fraction of sp³-hybridized carbons (Fsp3) is 0.500. The van der Waals surface area contributed by atoms with Crippen molar-refractivity contribution < 1.29 is 9.13 Å². The number of ether oxygens (including phenoxy) is 1. The molecular formula is C20H30FN5O. The van der Waals surface area contributed by atoms with Crippen LogP contribution in [0, 0.1) is 26.6 Å². The number of rotatable bonds is 8. The SMILES string of the molecule is CCNC(=NCc1ccc(C)c(F)c1)NCc1c(C)nn(CCOC)c1C.